The van der Waals surface area contributed by atoms with Crippen molar-refractivity contribution in [3.8, 4) is 6.07 Å². The zero-order valence-corrected chi connectivity index (χ0v) is 15.8. The first kappa shape index (κ1) is 22.2. The minimum atomic E-state index is -1.01. The van der Waals surface area contributed by atoms with E-state index in [-0.39, 0.29) is 55.3 Å². The minimum absolute atomic E-state index is 0. The summed E-state index contributed by atoms with van der Waals surface area (Å²) in [5.41, 5.74) is 0. The molecule has 0 unspecified atom stereocenters. The predicted octanol–water partition coefficient (Wildman–Crippen LogP) is 0.614. The molecule has 8 nitrogen and oxygen atoms in total. The molecule has 0 aromatic carbocycles. The van der Waals surface area contributed by atoms with E-state index in [2.05, 4.69) is 11.4 Å². The van der Waals surface area contributed by atoms with Gasteiger partial charge in [0, 0.05) is 25.6 Å². The first-order chi connectivity index (χ1) is 11.9. The van der Waals surface area contributed by atoms with E-state index >= 15 is 0 Å². The van der Waals surface area contributed by atoms with E-state index < -0.39 is 5.97 Å². The molecule has 0 aromatic heterocycles. The molecule has 1 heterocycles. The van der Waals surface area contributed by atoms with Gasteiger partial charge in [0.1, 0.15) is 12.6 Å². The van der Waals surface area contributed by atoms with Crippen LogP contribution in [0.5, 0.6) is 0 Å². The minimum Gasteiger partial charge on any atom is -0.480 e. The predicted molar refractivity (Wildman–Crippen MR) is 96.6 cm³/mol. The number of likely N-dealkylation sites (tertiary alicyclic amines) is 1. The number of amides is 2. The van der Waals surface area contributed by atoms with E-state index in [1.807, 2.05) is 0 Å². The van der Waals surface area contributed by atoms with Crippen LogP contribution in [0.15, 0.2) is 0 Å². The Labute approximate surface area is 159 Å². The van der Waals surface area contributed by atoms with Crippen LogP contribution in [0.4, 0.5) is 0 Å². The van der Waals surface area contributed by atoms with Crippen molar-refractivity contribution in [2.24, 2.45) is 5.92 Å². The molecule has 2 fully saturated rings. The van der Waals surface area contributed by atoms with Gasteiger partial charge in [-0.3, -0.25) is 14.4 Å². The van der Waals surface area contributed by atoms with Gasteiger partial charge in [0.2, 0.25) is 11.8 Å². The topological polar surface area (TPSA) is 114 Å². The van der Waals surface area contributed by atoms with Crippen molar-refractivity contribution in [2.75, 3.05) is 26.7 Å². The van der Waals surface area contributed by atoms with Crippen LogP contribution in [0.3, 0.4) is 0 Å². The quantitative estimate of drug-likeness (QED) is 0.691. The lowest BCUT2D eigenvalue weighted by Gasteiger charge is -2.31. The number of rotatable bonds is 6. The maximum Gasteiger partial charge on any atom is 0.323 e. The highest BCUT2D eigenvalue weighted by Crippen LogP contribution is 2.26. The molecular weight excluding hydrogens is 360 g/mol. The Bertz CT molecular complexity index is 557. The van der Waals surface area contributed by atoms with Gasteiger partial charge in [0.25, 0.3) is 0 Å². The van der Waals surface area contributed by atoms with Gasteiger partial charge in [0.15, 0.2) is 0 Å². The number of hydrogen-bond donors (Lipinski definition) is 2. The fourth-order valence-corrected chi connectivity index (χ4v) is 3.67. The van der Waals surface area contributed by atoms with Crippen molar-refractivity contribution in [1.82, 2.24) is 15.1 Å². The zero-order chi connectivity index (χ0) is 18.4. The van der Waals surface area contributed by atoms with Crippen LogP contribution in [0.2, 0.25) is 0 Å². The van der Waals surface area contributed by atoms with Gasteiger partial charge in [0.05, 0.1) is 12.6 Å². The van der Waals surface area contributed by atoms with Crippen LogP contribution >= 0.6 is 12.4 Å². The van der Waals surface area contributed by atoms with Gasteiger partial charge in [-0.2, -0.15) is 5.26 Å². The number of carboxylic acids is 1. The van der Waals surface area contributed by atoms with Crippen molar-refractivity contribution in [1.29, 1.82) is 5.26 Å². The molecule has 2 rings (SSSR count). The summed E-state index contributed by atoms with van der Waals surface area (Å²) in [6.07, 6.45) is 4.58. The number of nitriles is 1. The number of hydrogen-bond acceptors (Lipinski definition) is 5. The largest absolute Gasteiger partial charge is 0.480 e. The number of halogens is 1. The Balaban J connectivity index is 0.00000338. The molecule has 0 aromatic rings. The summed E-state index contributed by atoms with van der Waals surface area (Å²) in [6.45, 7) is 0.595. The third-order valence-corrected chi connectivity index (χ3v) is 5.09. The summed E-state index contributed by atoms with van der Waals surface area (Å²) >= 11 is 0. The first-order valence-electron chi connectivity index (χ1n) is 8.81. The monoisotopic (exact) mass is 386 g/mol. The van der Waals surface area contributed by atoms with Gasteiger partial charge in [-0.05, 0) is 38.5 Å². The second-order valence-corrected chi connectivity index (χ2v) is 6.89. The van der Waals surface area contributed by atoms with Crippen LogP contribution in [0, 0.1) is 17.2 Å². The molecule has 1 saturated heterocycles. The summed E-state index contributed by atoms with van der Waals surface area (Å²) < 4.78 is 0. The average molecular weight is 387 g/mol. The molecule has 2 aliphatic rings. The van der Waals surface area contributed by atoms with Crippen LogP contribution in [-0.4, -0.2) is 71.5 Å². The molecule has 2 N–H and O–H groups in total. The number of nitrogens with zero attached hydrogens (tertiary/aromatic N) is 3. The van der Waals surface area contributed by atoms with Crippen molar-refractivity contribution >= 4 is 30.2 Å². The second kappa shape index (κ2) is 10.3. The number of aliphatic carboxylic acids is 1. The fourth-order valence-electron chi connectivity index (χ4n) is 3.67. The number of carbonyl (C=O) groups is 3. The highest BCUT2D eigenvalue weighted by molar-refractivity contribution is 5.85. The number of carbonyl (C=O) groups excluding carboxylic acids is 2. The van der Waals surface area contributed by atoms with E-state index in [0.717, 1.165) is 25.7 Å². The first-order valence-corrected chi connectivity index (χ1v) is 8.81. The van der Waals surface area contributed by atoms with Gasteiger partial charge < -0.3 is 20.2 Å². The zero-order valence-electron chi connectivity index (χ0n) is 15.0. The normalized spacial score (nSPS) is 25.1. The lowest BCUT2D eigenvalue weighted by atomic mass is 9.85. The molecule has 1 aliphatic heterocycles. The molecule has 0 spiro atoms. The summed E-state index contributed by atoms with van der Waals surface area (Å²) in [6, 6.07) is 2.05. The number of carboxylic acid groups (broad SMARTS) is 1. The molecule has 1 atom stereocenters. The molecule has 0 bridgehead atoms. The molecule has 1 saturated carbocycles. The van der Waals surface area contributed by atoms with E-state index in [4.69, 9.17) is 10.4 Å². The Hall–Kier alpha value is -1.85. The van der Waals surface area contributed by atoms with Crippen LogP contribution < -0.4 is 5.32 Å². The SMILES string of the molecule is CN(CC(=O)O)C(=O)C1CCC(NCC(=O)N2CCC[C@H]2C#N)CC1.Cl. The molecule has 1 aliphatic carbocycles. The summed E-state index contributed by atoms with van der Waals surface area (Å²) in [5.74, 6) is -1.31. The lowest BCUT2D eigenvalue weighted by Crippen LogP contribution is -2.45. The summed E-state index contributed by atoms with van der Waals surface area (Å²) in [5, 5.41) is 21.1. The summed E-state index contributed by atoms with van der Waals surface area (Å²) in [7, 11) is 1.51. The van der Waals surface area contributed by atoms with Gasteiger partial charge >= 0.3 is 5.97 Å². The van der Waals surface area contributed by atoms with Crippen molar-refractivity contribution in [3.05, 3.63) is 0 Å². The van der Waals surface area contributed by atoms with Crippen LogP contribution in [0.1, 0.15) is 38.5 Å². The Morgan fingerprint density at radius 3 is 2.46 bits per heavy atom. The van der Waals surface area contributed by atoms with E-state index in [1.54, 1.807) is 4.90 Å². The molecule has 146 valence electrons. The van der Waals surface area contributed by atoms with Crippen LogP contribution in [0.25, 0.3) is 0 Å². The van der Waals surface area contributed by atoms with Gasteiger partial charge in [-0.25, -0.2) is 0 Å². The molecule has 0 radical (unpaired) electrons. The Kier molecular flexibility index (Phi) is 8.82. The van der Waals surface area contributed by atoms with E-state index in [0.29, 0.717) is 19.4 Å². The maximum atomic E-state index is 12.2. The van der Waals surface area contributed by atoms with Crippen molar-refractivity contribution < 1.29 is 19.5 Å². The Morgan fingerprint density at radius 2 is 1.88 bits per heavy atom. The molecular formula is C17H27ClN4O4. The molecule has 9 heteroatoms. The standard InChI is InChI=1S/C17H26N4O4.ClH/c1-20(11-16(23)24)17(25)12-4-6-13(7-5-12)19-10-15(22)21-8-2-3-14(21)9-18;/h12-14,19H,2-8,10-11H2,1H3,(H,23,24);1H/t12?,13?,14-;/m0./s1. The van der Waals surface area contributed by atoms with Crippen molar-refractivity contribution in [3.63, 3.8) is 0 Å². The molecule has 2 amide bonds. The average Bonchev–Trinajstić information content (AvgIpc) is 3.07. The smallest absolute Gasteiger partial charge is 0.323 e. The van der Waals surface area contributed by atoms with Crippen LogP contribution in [-0.2, 0) is 14.4 Å². The second-order valence-electron chi connectivity index (χ2n) is 6.89. The fraction of sp³-hybridized carbons (Fsp3) is 0.765. The van der Waals surface area contributed by atoms with Crippen molar-refractivity contribution in [2.45, 2.75) is 50.6 Å². The number of nitrogens with one attached hydrogen (secondary N) is 1. The van der Waals surface area contributed by atoms with E-state index in [1.165, 1.54) is 11.9 Å². The molecule has 26 heavy (non-hydrogen) atoms. The maximum absolute atomic E-state index is 12.2. The third kappa shape index (κ3) is 5.85. The Morgan fingerprint density at radius 1 is 1.23 bits per heavy atom. The number of likely N-dealkylation sites (N-methyl/N-ethyl adjacent to an activating group) is 1. The highest BCUT2D eigenvalue weighted by Gasteiger charge is 2.31. The summed E-state index contributed by atoms with van der Waals surface area (Å²) in [4.78, 5) is 38.0. The van der Waals surface area contributed by atoms with E-state index in [9.17, 15) is 14.4 Å². The third-order valence-electron chi connectivity index (χ3n) is 5.09. The highest BCUT2D eigenvalue weighted by atomic mass is 35.5. The lowest BCUT2D eigenvalue weighted by molar-refractivity contribution is -0.145. The van der Waals surface area contributed by atoms with Gasteiger partial charge in [-0.1, -0.05) is 0 Å². The van der Waals surface area contributed by atoms with Gasteiger partial charge in [-0.15, -0.1) is 12.4 Å².